The first-order valence-electron chi connectivity index (χ1n) is 6.02. The van der Waals surface area contributed by atoms with Crippen molar-refractivity contribution in [3.8, 4) is 11.4 Å². The highest BCUT2D eigenvalue weighted by Gasteiger charge is 2.18. The molecule has 0 radical (unpaired) electrons. The summed E-state index contributed by atoms with van der Waals surface area (Å²) in [5, 5.41) is 7.14. The normalized spacial score (nSPS) is 19.2. The fourth-order valence-electron chi connectivity index (χ4n) is 2.20. The summed E-state index contributed by atoms with van der Waals surface area (Å²) in [6, 6.07) is 3.86. The van der Waals surface area contributed by atoms with Gasteiger partial charge in [0.2, 0.25) is 0 Å². The second-order valence-electron chi connectivity index (χ2n) is 4.33. The van der Waals surface area contributed by atoms with Crippen LogP contribution >= 0.6 is 12.2 Å². The van der Waals surface area contributed by atoms with E-state index in [2.05, 4.69) is 15.2 Å². The van der Waals surface area contributed by atoms with Gasteiger partial charge in [-0.15, -0.1) is 0 Å². The number of hydrogen-bond acceptors (Lipinski definition) is 4. The zero-order valence-corrected chi connectivity index (χ0v) is 10.7. The van der Waals surface area contributed by atoms with Gasteiger partial charge in [0.1, 0.15) is 0 Å². The monoisotopic (exact) mass is 262 g/mol. The van der Waals surface area contributed by atoms with Crippen molar-refractivity contribution in [1.82, 2.24) is 19.7 Å². The summed E-state index contributed by atoms with van der Waals surface area (Å²) in [6.07, 6.45) is 5.96. The summed E-state index contributed by atoms with van der Waals surface area (Å²) in [6.45, 7) is 1.60. The Bertz CT molecular complexity index is 571. The quantitative estimate of drug-likeness (QED) is 0.861. The zero-order valence-electron chi connectivity index (χ0n) is 9.87. The van der Waals surface area contributed by atoms with Gasteiger partial charge in [-0.05, 0) is 37.2 Å². The summed E-state index contributed by atoms with van der Waals surface area (Å²) in [7, 11) is 0. The molecule has 1 atom stereocenters. The van der Waals surface area contributed by atoms with Gasteiger partial charge in [-0.25, -0.2) is 0 Å². The number of ether oxygens (including phenoxy) is 1. The molecule has 0 amide bonds. The zero-order chi connectivity index (χ0) is 12.4. The summed E-state index contributed by atoms with van der Waals surface area (Å²) < 4.78 is 8.29. The van der Waals surface area contributed by atoms with Gasteiger partial charge >= 0.3 is 0 Å². The molecular weight excluding hydrogens is 248 g/mol. The van der Waals surface area contributed by atoms with Gasteiger partial charge in [-0.3, -0.25) is 14.6 Å². The molecule has 2 aromatic heterocycles. The fourth-order valence-corrected chi connectivity index (χ4v) is 2.41. The summed E-state index contributed by atoms with van der Waals surface area (Å²) in [5.41, 5.74) is 1.01. The lowest BCUT2D eigenvalue weighted by Gasteiger charge is -2.12. The van der Waals surface area contributed by atoms with E-state index in [0.717, 1.165) is 37.4 Å². The molecule has 18 heavy (non-hydrogen) atoms. The van der Waals surface area contributed by atoms with Crippen LogP contribution in [0.4, 0.5) is 0 Å². The number of aromatic nitrogens is 4. The Hall–Kier alpha value is -1.53. The molecule has 2 aromatic rings. The van der Waals surface area contributed by atoms with Crippen LogP contribution in [0, 0.1) is 4.77 Å². The van der Waals surface area contributed by atoms with Gasteiger partial charge in [0.15, 0.2) is 10.6 Å². The first-order valence-corrected chi connectivity index (χ1v) is 6.42. The van der Waals surface area contributed by atoms with E-state index >= 15 is 0 Å². The Morgan fingerprint density at radius 2 is 2.28 bits per heavy atom. The van der Waals surface area contributed by atoms with Gasteiger partial charge in [0.05, 0.1) is 12.6 Å². The molecule has 1 saturated heterocycles. The molecule has 0 bridgehead atoms. The molecule has 6 heteroatoms. The highest BCUT2D eigenvalue weighted by Crippen LogP contribution is 2.20. The van der Waals surface area contributed by atoms with E-state index < -0.39 is 0 Å². The van der Waals surface area contributed by atoms with Crippen LogP contribution in [-0.4, -0.2) is 32.5 Å². The van der Waals surface area contributed by atoms with Crippen LogP contribution in [0.2, 0.25) is 0 Å². The van der Waals surface area contributed by atoms with E-state index in [4.69, 9.17) is 17.0 Å². The molecular formula is C12H14N4OS. The molecule has 0 aromatic carbocycles. The van der Waals surface area contributed by atoms with Crippen molar-refractivity contribution in [2.45, 2.75) is 25.5 Å². The Kier molecular flexibility index (Phi) is 3.21. The number of hydrogen-bond donors (Lipinski definition) is 1. The standard InChI is InChI=1S/C12H14N4OS/c18-12-15-14-11(9-3-5-13-6-4-9)16(12)8-10-2-1-7-17-10/h3-6,10H,1-2,7-8H2,(H,15,18)/t10-/m0/s1. The number of rotatable bonds is 3. The third-order valence-electron chi connectivity index (χ3n) is 3.11. The third kappa shape index (κ3) is 2.21. The molecule has 94 valence electrons. The van der Waals surface area contributed by atoms with Crippen LogP contribution < -0.4 is 0 Å². The molecule has 0 saturated carbocycles. The predicted octanol–water partition coefficient (Wildman–Crippen LogP) is 2.18. The van der Waals surface area contributed by atoms with Crippen molar-refractivity contribution < 1.29 is 4.74 Å². The molecule has 1 N–H and O–H groups in total. The van der Waals surface area contributed by atoms with Crippen LogP contribution in [-0.2, 0) is 11.3 Å². The second kappa shape index (κ2) is 4.99. The van der Waals surface area contributed by atoms with Gasteiger partial charge in [-0.2, -0.15) is 5.10 Å². The Morgan fingerprint density at radius 1 is 1.44 bits per heavy atom. The van der Waals surface area contributed by atoms with E-state index in [1.54, 1.807) is 12.4 Å². The number of aromatic amines is 1. The maximum Gasteiger partial charge on any atom is 0.195 e. The number of nitrogens with zero attached hydrogens (tertiary/aromatic N) is 3. The van der Waals surface area contributed by atoms with Gasteiger partial charge in [0.25, 0.3) is 0 Å². The van der Waals surface area contributed by atoms with Gasteiger partial charge in [-0.1, -0.05) is 0 Å². The van der Waals surface area contributed by atoms with E-state index in [0.29, 0.717) is 4.77 Å². The van der Waals surface area contributed by atoms with Crippen LogP contribution in [0.25, 0.3) is 11.4 Å². The maximum atomic E-state index is 5.65. The molecule has 0 aliphatic carbocycles. The van der Waals surface area contributed by atoms with Crippen LogP contribution in [0.5, 0.6) is 0 Å². The van der Waals surface area contributed by atoms with Crippen molar-refractivity contribution in [2.75, 3.05) is 6.61 Å². The molecule has 1 fully saturated rings. The van der Waals surface area contributed by atoms with E-state index in [-0.39, 0.29) is 6.10 Å². The summed E-state index contributed by atoms with van der Waals surface area (Å²) in [4.78, 5) is 4.01. The predicted molar refractivity (Wildman–Crippen MR) is 69.6 cm³/mol. The second-order valence-corrected chi connectivity index (χ2v) is 4.72. The minimum absolute atomic E-state index is 0.245. The largest absolute Gasteiger partial charge is 0.376 e. The fraction of sp³-hybridized carbons (Fsp3) is 0.417. The first kappa shape index (κ1) is 11.6. The summed E-state index contributed by atoms with van der Waals surface area (Å²) >= 11 is 5.28. The van der Waals surface area contributed by atoms with Crippen molar-refractivity contribution in [3.63, 3.8) is 0 Å². The number of nitrogens with one attached hydrogen (secondary N) is 1. The molecule has 5 nitrogen and oxygen atoms in total. The molecule has 0 spiro atoms. The van der Waals surface area contributed by atoms with E-state index in [1.807, 2.05) is 16.7 Å². The molecule has 1 aliphatic rings. The number of pyridine rings is 1. The Balaban J connectivity index is 1.93. The van der Waals surface area contributed by atoms with Crippen molar-refractivity contribution in [3.05, 3.63) is 29.3 Å². The van der Waals surface area contributed by atoms with Gasteiger partial charge < -0.3 is 4.74 Å². The number of H-pyrrole nitrogens is 1. The van der Waals surface area contributed by atoms with Crippen LogP contribution in [0.15, 0.2) is 24.5 Å². The van der Waals surface area contributed by atoms with E-state index in [1.165, 1.54) is 0 Å². The van der Waals surface area contributed by atoms with Crippen LogP contribution in [0.3, 0.4) is 0 Å². The lowest BCUT2D eigenvalue weighted by molar-refractivity contribution is 0.0970. The smallest absolute Gasteiger partial charge is 0.195 e. The molecule has 0 unspecified atom stereocenters. The lowest BCUT2D eigenvalue weighted by Crippen LogP contribution is -2.16. The van der Waals surface area contributed by atoms with Crippen molar-refractivity contribution >= 4 is 12.2 Å². The Morgan fingerprint density at radius 3 is 3.00 bits per heavy atom. The third-order valence-corrected chi connectivity index (χ3v) is 3.42. The molecule has 3 heterocycles. The van der Waals surface area contributed by atoms with Crippen molar-refractivity contribution in [2.24, 2.45) is 0 Å². The minimum Gasteiger partial charge on any atom is -0.376 e. The highest BCUT2D eigenvalue weighted by molar-refractivity contribution is 7.71. The topological polar surface area (TPSA) is 55.7 Å². The highest BCUT2D eigenvalue weighted by atomic mass is 32.1. The van der Waals surface area contributed by atoms with Gasteiger partial charge in [0, 0.05) is 24.6 Å². The SMILES string of the molecule is S=c1[nH]nc(-c2ccncc2)n1C[C@@H]1CCCO1. The maximum absolute atomic E-state index is 5.65. The Labute approximate surface area is 110 Å². The minimum atomic E-state index is 0.245. The first-order chi connectivity index (χ1) is 8.84. The molecule has 3 rings (SSSR count). The summed E-state index contributed by atoms with van der Waals surface area (Å²) in [5.74, 6) is 0.845. The average molecular weight is 262 g/mol. The van der Waals surface area contributed by atoms with Crippen molar-refractivity contribution in [1.29, 1.82) is 0 Å². The van der Waals surface area contributed by atoms with Crippen LogP contribution in [0.1, 0.15) is 12.8 Å². The molecule has 1 aliphatic heterocycles. The lowest BCUT2D eigenvalue weighted by atomic mass is 10.2. The van der Waals surface area contributed by atoms with E-state index in [9.17, 15) is 0 Å². The average Bonchev–Trinajstić information content (AvgIpc) is 3.03.